The molecule has 0 spiro atoms. The molecule has 1 rings (SSSR count). The molecule has 6 heteroatoms. The summed E-state index contributed by atoms with van der Waals surface area (Å²) in [5.74, 6) is 0. The molecule has 2 atom stereocenters. The second kappa shape index (κ2) is 3.99. The van der Waals surface area contributed by atoms with Crippen LogP contribution in [-0.2, 0) is 10.0 Å². The molecule has 88 valence electrons. The standard InChI is InChI=1S/C9H18N2O2S2/c1-4-6(8(10)14)15(12,13)11-7-5-9(7,2)3/h6-7,11H,4-5H2,1-3H3,(H2,10,14). The fourth-order valence-electron chi connectivity index (χ4n) is 1.52. The summed E-state index contributed by atoms with van der Waals surface area (Å²) < 4.78 is 26.4. The minimum Gasteiger partial charge on any atom is -0.392 e. The van der Waals surface area contributed by atoms with Crippen LogP contribution in [0, 0.1) is 5.41 Å². The molecular weight excluding hydrogens is 232 g/mol. The maximum absolute atomic E-state index is 11.9. The van der Waals surface area contributed by atoms with E-state index in [0.29, 0.717) is 6.42 Å². The van der Waals surface area contributed by atoms with Gasteiger partial charge >= 0.3 is 0 Å². The van der Waals surface area contributed by atoms with Crippen LogP contribution in [0.15, 0.2) is 0 Å². The van der Waals surface area contributed by atoms with E-state index < -0.39 is 15.3 Å². The van der Waals surface area contributed by atoms with Gasteiger partial charge in [-0.2, -0.15) is 0 Å². The molecule has 1 fully saturated rings. The summed E-state index contributed by atoms with van der Waals surface area (Å²) in [5.41, 5.74) is 5.48. The number of rotatable bonds is 5. The van der Waals surface area contributed by atoms with Crippen molar-refractivity contribution in [3.8, 4) is 0 Å². The van der Waals surface area contributed by atoms with E-state index in [4.69, 9.17) is 18.0 Å². The van der Waals surface area contributed by atoms with Gasteiger partial charge in [-0.1, -0.05) is 33.0 Å². The molecule has 0 saturated heterocycles. The maximum atomic E-state index is 11.9. The molecule has 0 aromatic rings. The van der Waals surface area contributed by atoms with Gasteiger partial charge in [-0.15, -0.1) is 0 Å². The number of nitrogens with one attached hydrogen (secondary N) is 1. The first-order chi connectivity index (χ1) is 6.70. The number of hydrogen-bond donors (Lipinski definition) is 2. The molecule has 0 amide bonds. The van der Waals surface area contributed by atoms with Crippen molar-refractivity contribution in [1.29, 1.82) is 0 Å². The fourth-order valence-corrected chi connectivity index (χ4v) is 3.78. The Balaban J connectivity index is 2.71. The predicted molar refractivity (Wildman–Crippen MR) is 65.1 cm³/mol. The summed E-state index contributed by atoms with van der Waals surface area (Å²) >= 11 is 4.75. The van der Waals surface area contributed by atoms with Gasteiger partial charge in [0.2, 0.25) is 10.0 Å². The van der Waals surface area contributed by atoms with E-state index in [2.05, 4.69) is 4.72 Å². The zero-order valence-electron chi connectivity index (χ0n) is 9.28. The van der Waals surface area contributed by atoms with E-state index in [1.165, 1.54) is 0 Å². The number of hydrogen-bond acceptors (Lipinski definition) is 3. The van der Waals surface area contributed by atoms with E-state index in [-0.39, 0.29) is 16.4 Å². The van der Waals surface area contributed by atoms with Crippen LogP contribution in [0.25, 0.3) is 0 Å². The number of nitrogens with two attached hydrogens (primary N) is 1. The van der Waals surface area contributed by atoms with E-state index >= 15 is 0 Å². The second-order valence-electron chi connectivity index (χ2n) is 4.71. The van der Waals surface area contributed by atoms with Crippen LogP contribution in [0.4, 0.5) is 0 Å². The molecule has 0 aliphatic heterocycles. The zero-order chi connectivity index (χ0) is 11.9. The third-order valence-corrected chi connectivity index (χ3v) is 5.27. The molecular formula is C9H18N2O2S2. The molecule has 0 aromatic heterocycles. The molecule has 1 saturated carbocycles. The van der Waals surface area contributed by atoms with Crippen LogP contribution in [0.2, 0.25) is 0 Å². The highest BCUT2D eigenvalue weighted by Crippen LogP contribution is 2.45. The van der Waals surface area contributed by atoms with E-state index in [9.17, 15) is 8.42 Å². The van der Waals surface area contributed by atoms with Gasteiger partial charge in [0.25, 0.3) is 0 Å². The molecule has 4 nitrogen and oxygen atoms in total. The van der Waals surface area contributed by atoms with Crippen molar-refractivity contribution in [2.24, 2.45) is 11.1 Å². The molecule has 2 unspecified atom stereocenters. The highest BCUT2D eigenvalue weighted by atomic mass is 32.2. The first-order valence-electron chi connectivity index (χ1n) is 5.01. The predicted octanol–water partition coefficient (Wildman–Crippen LogP) is 0.769. The quantitative estimate of drug-likeness (QED) is 0.707. The third-order valence-electron chi connectivity index (χ3n) is 2.88. The Labute approximate surface area is 96.7 Å². The molecule has 1 aliphatic carbocycles. The average molecular weight is 250 g/mol. The highest BCUT2D eigenvalue weighted by Gasteiger charge is 2.48. The summed E-state index contributed by atoms with van der Waals surface area (Å²) in [5, 5.41) is -0.746. The van der Waals surface area contributed by atoms with Crippen molar-refractivity contribution in [3.63, 3.8) is 0 Å². The van der Waals surface area contributed by atoms with Crippen LogP contribution in [-0.4, -0.2) is 24.7 Å². The van der Waals surface area contributed by atoms with Crippen molar-refractivity contribution in [1.82, 2.24) is 4.72 Å². The number of sulfonamides is 1. The Kier molecular flexibility index (Phi) is 3.42. The van der Waals surface area contributed by atoms with Crippen LogP contribution in [0.5, 0.6) is 0 Å². The summed E-state index contributed by atoms with van der Waals surface area (Å²) in [7, 11) is -3.40. The van der Waals surface area contributed by atoms with Crippen molar-refractivity contribution in [3.05, 3.63) is 0 Å². The van der Waals surface area contributed by atoms with Gasteiger partial charge in [-0.05, 0) is 18.3 Å². The monoisotopic (exact) mass is 250 g/mol. The van der Waals surface area contributed by atoms with Gasteiger partial charge < -0.3 is 5.73 Å². The SMILES string of the molecule is CCC(C(N)=S)S(=O)(=O)NC1CC1(C)C. The molecule has 0 bridgehead atoms. The van der Waals surface area contributed by atoms with Crippen molar-refractivity contribution >= 4 is 27.2 Å². The molecule has 1 aliphatic rings. The minimum atomic E-state index is -3.40. The average Bonchev–Trinajstić information content (AvgIpc) is 2.55. The lowest BCUT2D eigenvalue weighted by Gasteiger charge is -2.15. The minimum absolute atomic E-state index is 0.0332. The molecule has 0 heterocycles. The van der Waals surface area contributed by atoms with Gasteiger partial charge in [0.15, 0.2) is 0 Å². The zero-order valence-corrected chi connectivity index (χ0v) is 10.9. The first kappa shape index (κ1) is 12.9. The Morgan fingerprint density at radius 2 is 2.13 bits per heavy atom. The van der Waals surface area contributed by atoms with Gasteiger partial charge in [0.1, 0.15) is 5.25 Å². The Morgan fingerprint density at radius 3 is 2.40 bits per heavy atom. The lowest BCUT2D eigenvalue weighted by Crippen LogP contribution is -2.43. The van der Waals surface area contributed by atoms with E-state index in [1.54, 1.807) is 6.92 Å². The van der Waals surface area contributed by atoms with Crippen LogP contribution in [0.3, 0.4) is 0 Å². The Bertz CT molecular complexity index is 362. The van der Waals surface area contributed by atoms with Crippen LogP contribution < -0.4 is 10.5 Å². The third kappa shape index (κ3) is 2.89. The smallest absolute Gasteiger partial charge is 0.221 e. The van der Waals surface area contributed by atoms with Crippen molar-refractivity contribution < 1.29 is 8.42 Å². The van der Waals surface area contributed by atoms with Crippen molar-refractivity contribution in [2.75, 3.05) is 0 Å². The molecule has 15 heavy (non-hydrogen) atoms. The first-order valence-corrected chi connectivity index (χ1v) is 6.96. The van der Waals surface area contributed by atoms with Crippen LogP contribution >= 0.6 is 12.2 Å². The van der Waals surface area contributed by atoms with Crippen molar-refractivity contribution in [2.45, 2.75) is 44.9 Å². The summed E-state index contributed by atoms with van der Waals surface area (Å²) in [4.78, 5) is 0.0449. The highest BCUT2D eigenvalue weighted by molar-refractivity contribution is 7.93. The number of thiocarbonyl (C=S) groups is 1. The summed E-state index contributed by atoms with van der Waals surface area (Å²) in [6.07, 6.45) is 1.29. The Hall–Kier alpha value is -0.200. The molecule has 0 aromatic carbocycles. The van der Waals surface area contributed by atoms with E-state index in [0.717, 1.165) is 6.42 Å². The van der Waals surface area contributed by atoms with Gasteiger partial charge in [-0.25, -0.2) is 13.1 Å². The fraction of sp³-hybridized carbons (Fsp3) is 0.889. The Morgan fingerprint density at radius 1 is 1.67 bits per heavy atom. The summed E-state index contributed by atoms with van der Waals surface area (Å²) in [6, 6.07) is 0.0332. The maximum Gasteiger partial charge on any atom is 0.221 e. The van der Waals surface area contributed by atoms with E-state index in [1.807, 2.05) is 13.8 Å². The van der Waals surface area contributed by atoms with Crippen LogP contribution in [0.1, 0.15) is 33.6 Å². The normalized spacial score (nSPS) is 25.9. The summed E-state index contributed by atoms with van der Waals surface area (Å²) in [6.45, 7) is 5.82. The van der Waals surface area contributed by atoms with Gasteiger partial charge in [0, 0.05) is 6.04 Å². The molecule has 0 radical (unpaired) electrons. The lowest BCUT2D eigenvalue weighted by atomic mass is 10.2. The lowest BCUT2D eigenvalue weighted by molar-refractivity contribution is 0.550. The molecule has 3 N–H and O–H groups in total. The topological polar surface area (TPSA) is 72.2 Å². The second-order valence-corrected chi connectivity index (χ2v) is 7.07. The van der Waals surface area contributed by atoms with Gasteiger partial charge in [0.05, 0.1) is 4.99 Å². The largest absolute Gasteiger partial charge is 0.392 e. The van der Waals surface area contributed by atoms with Gasteiger partial charge in [-0.3, -0.25) is 0 Å².